The van der Waals surface area contributed by atoms with Crippen LogP contribution in [0.15, 0.2) is 0 Å². The predicted molar refractivity (Wildman–Crippen MR) is 82.4 cm³/mol. The summed E-state index contributed by atoms with van der Waals surface area (Å²) in [7, 11) is 0. The summed E-state index contributed by atoms with van der Waals surface area (Å²) in [6.07, 6.45) is 7.03. The minimum absolute atomic E-state index is 0.725. The molecule has 0 amide bonds. The van der Waals surface area contributed by atoms with Crippen LogP contribution in [0, 0.1) is 11.8 Å². The molecule has 2 aliphatic heterocycles. The van der Waals surface area contributed by atoms with E-state index in [2.05, 4.69) is 9.80 Å². The second-order valence-corrected chi connectivity index (χ2v) is 7.38. The lowest BCUT2D eigenvalue weighted by atomic mass is 10.1. The van der Waals surface area contributed by atoms with Gasteiger partial charge in [0.1, 0.15) is 0 Å². The van der Waals surface area contributed by atoms with E-state index in [1.807, 2.05) is 0 Å². The fourth-order valence-corrected chi connectivity index (χ4v) is 4.18. The van der Waals surface area contributed by atoms with Gasteiger partial charge < -0.3 is 9.47 Å². The number of hydrogen-bond donors (Lipinski definition) is 0. The fourth-order valence-electron chi connectivity index (χ4n) is 4.18. The van der Waals surface area contributed by atoms with E-state index < -0.39 is 0 Å². The Hall–Kier alpha value is -0.160. The molecule has 4 rings (SSSR count). The summed E-state index contributed by atoms with van der Waals surface area (Å²) >= 11 is 0. The molecule has 21 heavy (non-hydrogen) atoms. The van der Waals surface area contributed by atoms with Crippen LogP contribution in [-0.2, 0) is 9.47 Å². The van der Waals surface area contributed by atoms with E-state index in [9.17, 15) is 0 Å². The van der Waals surface area contributed by atoms with E-state index in [0.29, 0.717) is 0 Å². The fraction of sp³-hybridized carbons (Fsp3) is 1.00. The van der Waals surface area contributed by atoms with Crippen molar-refractivity contribution in [1.82, 2.24) is 9.80 Å². The Kier molecular flexibility index (Phi) is 4.49. The van der Waals surface area contributed by atoms with Crippen molar-refractivity contribution in [2.24, 2.45) is 11.8 Å². The van der Waals surface area contributed by atoms with Crippen LogP contribution in [-0.4, -0.2) is 74.5 Å². The first-order valence-electron chi connectivity index (χ1n) is 9.05. The molecule has 4 nitrogen and oxygen atoms in total. The molecule has 0 spiro atoms. The van der Waals surface area contributed by atoms with Crippen LogP contribution in [0.1, 0.15) is 32.1 Å². The first kappa shape index (κ1) is 14.4. The Bertz CT molecular complexity index is 312. The van der Waals surface area contributed by atoms with Crippen molar-refractivity contribution in [2.75, 3.05) is 52.6 Å². The molecule has 0 bridgehead atoms. The maximum absolute atomic E-state index is 5.70. The third kappa shape index (κ3) is 3.61. The quantitative estimate of drug-likeness (QED) is 0.743. The summed E-state index contributed by atoms with van der Waals surface area (Å²) in [5.41, 5.74) is 0. The summed E-state index contributed by atoms with van der Waals surface area (Å²) in [5, 5.41) is 0. The minimum Gasteiger partial charge on any atom is -0.378 e. The van der Waals surface area contributed by atoms with Crippen molar-refractivity contribution in [2.45, 2.75) is 44.2 Å². The molecule has 2 saturated carbocycles. The zero-order valence-electron chi connectivity index (χ0n) is 13.2. The Morgan fingerprint density at radius 1 is 0.714 bits per heavy atom. The first-order chi connectivity index (χ1) is 10.4. The Labute approximate surface area is 128 Å². The number of hydrogen-bond acceptors (Lipinski definition) is 4. The highest BCUT2D eigenvalue weighted by Crippen LogP contribution is 2.37. The van der Waals surface area contributed by atoms with E-state index in [-0.39, 0.29) is 0 Å². The van der Waals surface area contributed by atoms with Gasteiger partial charge in [-0.25, -0.2) is 0 Å². The van der Waals surface area contributed by atoms with Gasteiger partial charge in [-0.3, -0.25) is 9.80 Å². The minimum atomic E-state index is 0.725. The smallest absolute Gasteiger partial charge is 0.0625 e. The van der Waals surface area contributed by atoms with Crippen LogP contribution < -0.4 is 0 Å². The molecule has 4 fully saturated rings. The SMILES string of the molecule is C(CN1CCOCC1C1CC1)CN1CCOCC1C1CC1. The van der Waals surface area contributed by atoms with Crippen LogP contribution in [0.4, 0.5) is 0 Å². The van der Waals surface area contributed by atoms with Crippen LogP contribution in [0.3, 0.4) is 0 Å². The number of rotatable bonds is 6. The molecule has 0 aromatic rings. The van der Waals surface area contributed by atoms with Gasteiger partial charge in [-0.1, -0.05) is 0 Å². The Balaban J connectivity index is 1.24. The maximum atomic E-state index is 5.70. The summed E-state index contributed by atoms with van der Waals surface area (Å²) in [6, 6.07) is 1.45. The van der Waals surface area contributed by atoms with Gasteiger partial charge >= 0.3 is 0 Å². The predicted octanol–water partition coefficient (Wildman–Crippen LogP) is 1.60. The van der Waals surface area contributed by atoms with E-state index >= 15 is 0 Å². The van der Waals surface area contributed by atoms with Crippen molar-refractivity contribution in [3.8, 4) is 0 Å². The molecular formula is C17H30N2O2. The van der Waals surface area contributed by atoms with E-state index in [1.54, 1.807) is 0 Å². The van der Waals surface area contributed by atoms with Gasteiger partial charge in [0.05, 0.1) is 26.4 Å². The maximum Gasteiger partial charge on any atom is 0.0625 e. The molecule has 0 N–H and O–H groups in total. The van der Waals surface area contributed by atoms with Gasteiger partial charge in [0.25, 0.3) is 0 Å². The normalized spacial score (nSPS) is 36.0. The molecular weight excluding hydrogens is 264 g/mol. The van der Waals surface area contributed by atoms with Crippen LogP contribution in [0.5, 0.6) is 0 Å². The summed E-state index contributed by atoms with van der Waals surface area (Å²) in [6.45, 7) is 8.65. The molecule has 4 aliphatic rings. The van der Waals surface area contributed by atoms with Crippen LogP contribution >= 0.6 is 0 Å². The molecule has 2 unspecified atom stereocenters. The molecule has 2 saturated heterocycles. The third-order valence-electron chi connectivity index (χ3n) is 5.78. The molecule has 0 radical (unpaired) electrons. The van der Waals surface area contributed by atoms with Gasteiger partial charge in [0.2, 0.25) is 0 Å². The van der Waals surface area contributed by atoms with Crippen molar-refractivity contribution in [3.05, 3.63) is 0 Å². The monoisotopic (exact) mass is 294 g/mol. The molecule has 2 heterocycles. The van der Waals surface area contributed by atoms with E-state index in [4.69, 9.17) is 9.47 Å². The van der Waals surface area contributed by atoms with Gasteiger partial charge in [-0.05, 0) is 57.0 Å². The standard InChI is InChI=1S/C17H30N2O2/c1(6-18-8-10-20-12-16(18)14-2-3-14)7-19-9-11-21-13-17(19)15-4-5-15/h14-17H,1-13H2. The number of ether oxygens (including phenoxy) is 2. The number of nitrogens with zero attached hydrogens (tertiary/aromatic N) is 2. The Morgan fingerprint density at radius 3 is 1.62 bits per heavy atom. The lowest BCUT2D eigenvalue weighted by Crippen LogP contribution is -2.49. The van der Waals surface area contributed by atoms with Crippen molar-refractivity contribution in [1.29, 1.82) is 0 Å². The summed E-state index contributed by atoms with van der Waals surface area (Å²) < 4.78 is 11.4. The van der Waals surface area contributed by atoms with Crippen LogP contribution in [0.25, 0.3) is 0 Å². The average molecular weight is 294 g/mol. The zero-order valence-corrected chi connectivity index (χ0v) is 13.2. The summed E-state index contributed by atoms with van der Waals surface area (Å²) in [5.74, 6) is 1.88. The van der Waals surface area contributed by atoms with E-state index in [0.717, 1.165) is 63.4 Å². The van der Waals surface area contributed by atoms with Crippen molar-refractivity contribution >= 4 is 0 Å². The average Bonchev–Trinajstić information content (AvgIpc) is 3.41. The Morgan fingerprint density at radius 2 is 1.19 bits per heavy atom. The highest BCUT2D eigenvalue weighted by atomic mass is 16.5. The molecule has 2 atom stereocenters. The zero-order chi connectivity index (χ0) is 14.1. The van der Waals surface area contributed by atoms with Crippen LogP contribution in [0.2, 0.25) is 0 Å². The van der Waals surface area contributed by atoms with Gasteiger partial charge in [0, 0.05) is 25.2 Å². The molecule has 0 aromatic carbocycles. The second-order valence-electron chi connectivity index (χ2n) is 7.38. The van der Waals surface area contributed by atoms with Gasteiger partial charge in [0.15, 0.2) is 0 Å². The van der Waals surface area contributed by atoms with Crippen molar-refractivity contribution in [3.63, 3.8) is 0 Å². The lowest BCUT2D eigenvalue weighted by Gasteiger charge is -2.38. The molecule has 120 valence electrons. The largest absolute Gasteiger partial charge is 0.378 e. The van der Waals surface area contributed by atoms with Gasteiger partial charge in [-0.2, -0.15) is 0 Å². The first-order valence-corrected chi connectivity index (χ1v) is 9.05. The molecule has 4 heteroatoms. The summed E-state index contributed by atoms with van der Waals surface area (Å²) in [4.78, 5) is 5.43. The highest BCUT2D eigenvalue weighted by molar-refractivity contribution is 4.91. The second kappa shape index (κ2) is 6.53. The topological polar surface area (TPSA) is 24.9 Å². The molecule has 2 aliphatic carbocycles. The lowest BCUT2D eigenvalue weighted by molar-refractivity contribution is -0.0289. The highest BCUT2D eigenvalue weighted by Gasteiger charge is 2.38. The van der Waals surface area contributed by atoms with Crippen molar-refractivity contribution < 1.29 is 9.47 Å². The molecule has 0 aromatic heterocycles. The number of morpholine rings is 2. The third-order valence-corrected chi connectivity index (χ3v) is 5.78. The van der Waals surface area contributed by atoms with Gasteiger partial charge in [-0.15, -0.1) is 0 Å². The van der Waals surface area contributed by atoms with E-state index in [1.165, 1.54) is 45.2 Å².